The summed E-state index contributed by atoms with van der Waals surface area (Å²) in [5.41, 5.74) is 2.07. The number of esters is 1. The van der Waals surface area contributed by atoms with Gasteiger partial charge in [0.1, 0.15) is 0 Å². The Hall–Kier alpha value is -3.07. The fraction of sp³-hybridized carbons (Fsp3) is 0.393. The van der Waals surface area contributed by atoms with E-state index in [9.17, 15) is 14.4 Å². The van der Waals surface area contributed by atoms with Gasteiger partial charge in [-0.05, 0) is 44.5 Å². The fourth-order valence-corrected chi connectivity index (χ4v) is 5.49. The van der Waals surface area contributed by atoms with Crippen LogP contribution in [-0.4, -0.2) is 78.0 Å². The molecule has 0 aliphatic carbocycles. The molecule has 1 N–H and O–H groups in total. The van der Waals surface area contributed by atoms with E-state index < -0.39 is 12.0 Å². The quantitative estimate of drug-likeness (QED) is 0.496. The van der Waals surface area contributed by atoms with Crippen molar-refractivity contribution in [3.8, 4) is 0 Å². The Morgan fingerprint density at radius 2 is 1.79 bits per heavy atom. The summed E-state index contributed by atoms with van der Waals surface area (Å²) in [5, 5.41) is 3.52. The fourth-order valence-electron chi connectivity index (χ4n) is 5.07. The standard InChI is InChI=1S/C28H32Cl2N4O4/c1-4-33-22(17-32-14-15-34(18(3)16-32)26(35)19-10-7-6-8-11-19)23(27(36)38-5-2)25(31-28(33)37)20-12-9-13-21(29)24(20)30/h6-13,18,25H,4-5,14-17H2,1-3H3,(H,31,37). The highest BCUT2D eigenvalue weighted by molar-refractivity contribution is 6.42. The second-order valence-electron chi connectivity index (χ2n) is 9.30. The van der Waals surface area contributed by atoms with Gasteiger partial charge >= 0.3 is 12.0 Å². The van der Waals surface area contributed by atoms with Crippen LogP contribution in [0, 0.1) is 0 Å². The largest absolute Gasteiger partial charge is 0.463 e. The van der Waals surface area contributed by atoms with E-state index in [1.807, 2.05) is 49.1 Å². The Labute approximate surface area is 233 Å². The van der Waals surface area contributed by atoms with E-state index >= 15 is 0 Å². The predicted molar refractivity (Wildman–Crippen MR) is 147 cm³/mol. The van der Waals surface area contributed by atoms with Crippen molar-refractivity contribution in [3.63, 3.8) is 0 Å². The molecule has 0 spiro atoms. The summed E-state index contributed by atoms with van der Waals surface area (Å²) in [4.78, 5) is 45.2. The van der Waals surface area contributed by atoms with Crippen LogP contribution < -0.4 is 5.32 Å². The average molecular weight is 559 g/mol. The zero-order valence-corrected chi connectivity index (χ0v) is 23.3. The average Bonchev–Trinajstić information content (AvgIpc) is 2.90. The van der Waals surface area contributed by atoms with Gasteiger partial charge in [-0.3, -0.25) is 14.6 Å². The van der Waals surface area contributed by atoms with Gasteiger partial charge in [-0.1, -0.05) is 53.5 Å². The summed E-state index contributed by atoms with van der Waals surface area (Å²) >= 11 is 12.8. The molecule has 2 aromatic rings. The van der Waals surface area contributed by atoms with Crippen molar-refractivity contribution in [2.24, 2.45) is 0 Å². The van der Waals surface area contributed by atoms with Crippen LogP contribution in [0.2, 0.25) is 10.0 Å². The van der Waals surface area contributed by atoms with E-state index in [-0.39, 0.29) is 29.6 Å². The van der Waals surface area contributed by atoms with Crippen LogP contribution in [0.4, 0.5) is 4.79 Å². The van der Waals surface area contributed by atoms with E-state index in [2.05, 4.69) is 10.2 Å². The van der Waals surface area contributed by atoms with Crippen molar-refractivity contribution in [1.82, 2.24) is 20.0 Å². The SMILES string of the molecule is CCOC(=O)C1=C(CN2CCN(C(=O)c3ccccc3)C(C)C2)N(CC)C(=O)NC1c1cccc(Cl)c1Cl. The number of carbonyl (C=O) groups excluding carboxylic acids is 3. The first-order valence-corrected chi connectivity index (χ1v) is 13.5. The zero-order chi connectivity index (χ0) is 27.4. The Morgan fingerprint density at radius 3 is 2.45 bits per heavy atom. The Morgan fingerprint density at radius 1 is 1.05 bits per heavy atom. The maximum atomic E-state index is 13.4. The molecule has 2 atom stereocenters. The number of hydrogen-bond acceptors (Lipinski definition) is 5. The third kappa shape index (κ3) is 5.67. The van der Waals surface area contributed by atoms with Crippen molar-refractivity contribution < 1.29 is 19.1 Å². The first kappa shape index (κ1) is 28.0. The van der Waals surface area contributed by atoms with Crippen molar-refractivity contribution in [2.75, 3.05) is 39.3 Å². The van der Waals surface area contributed by atoms with Gasteiger partial charge in [-0.2, -0.15) is 0 Å². The molecule has 1 fully saturated rings. The number of amides is 3. The van der Waals surface area contributed by atoms with Gasteiger partial charge in [0.25, 0.3) is 5.91 Å². The molecule has 0 radical (unpaired) electrons. The summed E-state index contributed by atoms with van der Waals surface area (Å²) < 4.78 is 5.45. The van der Waals surface area contributed by atoms with Gasteiger partial charge < -0.3 is 15.0 Å². The minimum absolute atomic E-state index is 0.00734. The summed E-state index contributed by atoms with van der Waals surface area (Å²) in [5.74, 6) is -0.528. The van der Waals surface area contributed by atoms with Gasteiger partial charge in [0, 0.05) is 50.0 Å². The monoisotopic (exact) mass is 558 g/mol. The van der Waals surface area contributed by atoms with Gasteiger partial charge in [-0.15, -0.1) is 0 Å². The number of urea groups is 1. The molecule has 0 aromatic heterocycles. The molecule has 2 aliphatic rings. The van der Waals surface area contributed by atoms with Crippen LogP contribution in [-0.2, 0) is 9.53 Å². The minimum Gasteiger partial charge on any atom is -0.463 e. The molecule has 0 saturated carbocycles. The number of hydrogen-bond donors (Lipinski definition) is 1. The second-order valence-corrected chi connectivity index (χ2v) is 10.1. The second kappa shape index (κ2) is 12.2. The number of benzene rings is 2. The summed E-state index contributed by atoms with van der Waals surface area (Å²) in [6.45, 7) is 8.18. The highest BCUT2D eigenvalue weighted by Crippen LogP contribution is 2.38. The van der Waals surface area contributed by atoms with Crippen LogP contribution in [0.5, 0.6) is 0 Å². The Balaban J connectivity index is 1.66. The van der Waals surface area contributed by atoms with Crippen LogP contribution >= 0.6 is 23.2 Å². The molecule has 2 heterocycles. The van der Waals surface area contributed by atoms with Crippen molar-refractivity contribution in [1.29, 1.82) is 0 Å². The van der Waals surface area contributed by atoms with Crippen molar-refractivity contribution in [3.05, 3.63) is 81.0 Å². The van der Waals surface area contributed by atoms with Gasteiger partial charge in [-0.25, -0.2) is 9.59 Å². The molecule has 0 bridgehead atoms. The third-order valence-electron chi connectivity index (χ3n) is 6.91. The molecule has 10 heteroatoms. The lowest BCUT2D eigenvalue weighted by Gasteiger charge is -2.43. The maximum Gasteiger partial charge on any atom is 0.338 e. The van der Waals surface area contributed by atoms with E-state index in [0.717, 1.165) is 0 Å². The number of nitrogens with one attached hydrogen (secondary N) is 1. The molecule has 2 aliphatic heterocycles. The van der Waals surface area contributed by atoms with Crippen LogP contribution in [0.25, 0.3) is 0 Å². The molecule has 38 heavy (non-hydrogen) atoms. The Bertz CT molecular complexity index is 1240. The molecule has 8 nitrogen and oxygen atoms in total. The number of likely N-dealkylation sites (N-methyl/N-ethyl adjacent to an activating group) is 1. The predicted octanol–water partition coefficient (Wildman–Crippen LogP) is 4.74. The lowest BCUT2D eigenvalue weighted by atomic mass is 9.93. The normalized spacial score (nSPS) is 20.4. The lowest BCUT2D eigenvalue weighted by Crippen LogP contribution is -2.56. The number of rotatable bonds is 7. The minimum atomic E-state index is -0.816. The topological polar surface area (TPSA) is 82.2 Å². The van der Waals surface area contributed by atoms with Crippen LogP contribution in [0.3, 0.4) is 0 Å². The zero-order valence-electron chi connectivity index (χ0n) is 21.7. The van der Waals surface area contributed by atoms with E-state index in [1.54, 1.807) is 30.0 Å². The first-order chi connectivity index (χ1) is 18.3. The van der Waals surface area contributed by atoms with E-state index in [1.165, 1.54) is 0 Å². The highest BCUT2D eigenvalue weighted by Gasteiger charge is 2.40. The van der Waals surface area contributed by atoms with Crippen LogP contribution in [0.15, 0.2) is 59.8 Å². The highest BCUT2D eigenvalue weighted by atomic mass is 35.5. The molecule has 202 valence electrons. The number of carbonyl (C=O) groups is 3. The van der Waals surface area contributed by atoms with E-state index in [0.29, 0.717) is 60.1 Å². The molecule has 1 saturated heterocycles. The number of ether oxygens (including phenoxy) is 1. The van der Waals surface area contributed by atoms with Crippen molar-refractivity contribution >= 4 is 41.1 Å². The molecule has 2 unspecified atom stereocenters. The molecule has 2 aromatic carbocycles. The Kier molecular flexibility index (Phi) is 8.97. The first-order valence-electron chi connectivity index (χ1n) is 12.8. The number of piperazine rings is 1. The van der Waals surface area contributed by atoms with Crippen molar-refractivity contribution in [2.45, 2.75) is 32.9 Å². The van der Waals surface area contributed by atoms with Gasteiger partial charge in [0.05, 0.1) is 28.3 Å². The maximum absolute atomic E-state index is 13.4. The molecule has 4 rings (SSSR count). The molecule has 3 amide bonds. The van der Waals surface area contributed by atoms with Crippen LogP contribution in [0.1, 0.15) is 42.7 Å². The number of halogens is 2. The van der Waals surface area contributed by atoms with E-state index in [4.69, 9.17) is 27.9 Å². The summed E-state index contributed by atoms with van der Waals surface area (Å²) in [7, 11) is 0. The summed E-state index contributed by atoms with van der Waals surface area (Å²) in [6, 6.07) is 13.2. The number of nitrogens with zero attached hydrogens (tertiary/aromatic N) is 3. The third-order valence-corrected chi connectivity index (χ3v) is 7.74. The van der Waals surface area contributed by atoms with Gasteiger partial charge in [0.2, 0.25) is 0 Å². The molecular formula is C28H32Cl2N4O4. The van der Waals surface area contributed by atoms with Gasteiger partial charge in [0.15, 0.2) is 0 Å². The molecular weight excluding hydrogens is 527 g/mol. The lowest BCUT2D eigenvalue weighted by molar-refractivity contribution is -0.139. The smallest absolute Gasteiger partial charge is 0.338 e. The summed E-state index contributed by atoms with van der Waals surface area (Å²) in [6.07, 6.45) is 0.